The summed E-state index contributed by atoms with van der Waals surface area (Å²) in [6.07, 6.45) is 0.966. The number of sulfonamides is 1. The van der Waals surface area contributed by atoms with Gasteiger partial charge in [-0.05, 0) is 6.07 Å². The van der Waals surface area contributed by atoms with Crippen LogP contribution in [0.2, 0.25) is 0 Å². The standard InChI is InChI=1S/C11H12N2O3S2/c1-8(11(14)12-18(2,15)16)13-7-17-10-6-4-3-5-9(10)13/h3-8H,1-2H3/p+1. The maximum atomic E-state index is 11.8. The molecule has 0 saturated heterocycles. The van der Waals surface area contributed by atoms with Crippen LogP contribution in [0.4, 0.5) is 0 Å². The first kappa shape index (κ1) is 13.0. The largest absolute Gasteiger partial charge is 0.302 e. The summed E-state index contributed by atoms with van der Waals surface area (Å²) in [5.74, 6) is -0.536. The second kappa shape index (κ2) is 4.66. The fraction of sp³-hybridized carbons (Fsp3) is 0.273. The van der Waals surface area contributed by atoms with E-state index in [0.29, 0.717) is 0 Å². The highest BCUT2D eigenvalue weighted by atomic mass is 32.2. The molecule has 1 atom stereocenters. The summed E-state index contributed by atoms with van der Waals surface area (Å²) in [5.41, 5.74) is 2.73. The molecule has 5 nitrogen and oxygen atoms in total. The molecule has 0 aliphatic rings. The maximum absolute atomic E-state index is 11.8. The van der Waals surface area contributed by atoms with Crippen LogP contribution in [0.5, 0.6) is 0 Å². The highest BCUT2D eigenvalue weighted by Crippen LogP contribution is 2.17. The number of nitrogens with zero attached hydrogens (tertiary/aromatic N) is 1. The molecule has 7 heteroatoms. The van der Waals surface area contributed by atoms with Crippen molar-refractivity contribution in [1.82, 2.24) is 4.72 Å². The molecule has 1 unspecified atom stereocenters. The first-order valence-electron chi connectivity index (χ1n) is 5.27. The van der Waals surface area contributed by atoms with Crippen LogP contribution in [-0.2, 0) is 14.8 Å². The number of rotatable bonds is 3. The highest BCUT2D eigenvalue weighted by molar-refractivity contribution is 7.89. The highest BCUT2D eigenvalue weighted by Gasteiger charge is 2.27. The van der Waals surface area contributed by atoms with E-state index in [1.807, 2.05) is 34.5 Å². The maximum Gasteiger partial charge on any atom is 0.302 e. The van der Waals surface area contributed by atoms with Crippen molar-refractivity contribution >= 4 is 37.5 Å². The molecule has 0 aliphatic heterocycles. The SMILES string of the molecule is CC(C(=O)NS(C)(=O)=O)[n+]1csc2ccccc21. The molecule has 1 amide bonds. The lowest BCUT2D eigenvalue weighted by molar-refractivity contribution is -0.676. The van der Waals surface area contributed by atoms with Gasteiger partial charge in [-0.1, -0.05) is 23.5 Å². The Hall–Kier alpha value is -1.47. The fourth-order valence-corrected chi connectivity index (χ4v) is 3.15. The molecule has 2 aromatic rings. The van der Waals surface area contributed by atoms with Crippen molar-refractivity contribution in [3.8, 4) is 0 Å². The molecule has 1 aromatic carbocycles. The van der Waals surface area contributed by atoms with E-state index >= 15 is 0 Å². The zero-order chi connectivity index (χ0) is 13.3. The number of hydrogen-bond acceptors (Lipinski definition) is 4. The van der Waals surface area contributed by atoms with E-state index in [0.717, 1.165) is 16.5 Å². The summed E-state index contributed by atoms with van der Waals surface area (Å²) < 4.78 is 26.9. The number of carbonyl (C=O) groups excluding carboxylic acids is 1. The number of fused-ring (bicyclic) bond motifs is 1. The van der Waals surface area contributed by atoms with Gasteiger partial charge in [0.25, 0.3) is 0 Å². The molecular formula is C11H13N2O3S2+. The Labute approximate surface area is 109 Å². The third kappa shape index (κ3) is 2.68. The van der Waals surface area contributed by atoms with E-state index in [-0.39, 0.29) is 0 Å². The van der Waals surface area contributed by atoms with Crippen LogP contribution in [0.15, 0.2) is 29.8 Å². The Balaban J connectivity index is 2.34. The van der Waals surface area contributed by atoms with Crippen LogP contribution in [-0.4, -0.2) is 20.6 Å². The average molecular weight is 285 g/mol. The number of thiazole rings is 1. The number of amides is 1. The van der Waals surface area contributed by atoms with E-state index in [9.17, 15) is 13.2 Å². The normalized spacial score (nSPS) is 13.4. The van der Waals surface area contributed by atoms with Crippen LogP contribution >= 0.6 is 11.3 Å². The number of carbonyl (C=O) groups is 1. The molecule has 2 rings (SSSR count). The predicted molar refractivity (Wildman–Crippen MR) is 69.7 cm³/mol. The Morgan fingerprint density at radius 2 is 2.06 bits per heavy atom. The van der Waals surface area contributed by atoms with E-state index < -0.39 is 22.0 Å². The minimum Gasteiger partial charge on any atom is -0.266 e. The summed E-state index contributed by atoms with van der Waals surface area (Å²) in [5, 5.41) is 0. The van der Waals surface area contributed by atoms with Crippen LogP contribution in [0.1, 0.15) is 13.0 Å². The molecule has 1 heterocycles. The van der Waals surface area contributed by atoms with E-state index in [1.165, 1.54) is 11.3 Å². The summed E-state index contributed by atoms with van der Waals surface area (Å²) in [4.78, 5) is 11.8. The van der Waals surface area contributed by atoms with Gasteiger partial charge in [-0.3, -0.25) is 4.79 Å². The van der Waals surface area contributed by atoms with E-state index in [2.05, 4.69) is 0 Å². The summed E-state index contributed by atoms with van der Waals surface area (Å²) >= 11 is 1.51. The van der Waals surface area contributed by atoms with Crippen molar-refractivity contribution in [2.75, 3.05) is 6.26 Å². The van der Waals surface area contributed by atoms with Gasteiger partial charge in [0, 0.05) is 13.0 Å². The van der Waals surface area contributed by atoms with Crippen molar-refractivity contribution < 1.29 is 17.8 Å². The molecule has 96 valence electrons. The average Bonchev–Trinajstić information content (AvgIpc) is 2.69. The Bertz CT molecular complexity index is 691. The lowest BCUT2D eigenvalue weighted by atomic mass is 10.3. The first-order valence-corrected chi connectivity index (χ1v) is 8.04. The lowest BCUT2D eigenvalue weighted by Gasteiger charge is -2.05. The zero-order valence-electron chi connectivity index (χ0n) is 9.95. The summed E-state index contributed by atoms with van der Waals surface area (Å²) in [6, 6.07) is 7.08. The van der Waals surface area contributed by atoms with Gasteiger partial charge in [0.15, 0.2) is 0 Å². The third-order valence-electron chi connectivity index (χ3n) is 2.52. The van der Waals surface area contributed by atoms with Crippen molar-refractivity contribution in [3.63, 3.8) is 0 Å². The molecule has 0 saturated carbocycles. The van der Waals surface area contributed by atoms with E-state index in [4.69, 9.17) is 0 Å². The number of nitrogens with one attached hydrogen (secondary N) is 1. The monoisotopic (exact) mass is 285 g/mol. The van der Waals surface area contributed by atoms with Gasteiger partial charge in [-0.15, -0.1) is 0 Å². The third-order valence-corrected chi connectivity index (χ3v) is 4.02. The molecular weight excluding hydrogens is 272 g/mol. The smallest absolute Gasteiger partial charge is 0.266 e. The van der Waals surface area contributed by atoms with Crippen molar-refractivity contribution in [2.45, 2.75) is 13.0 Å². The fourth-order valence-electron chi connectivity index (χ4n) is 1.63. The second-order valence-electron chi connectivity index (χ2n) is 4.01. The summed E-state index contributed by atoms with van der Waals surface area (Å²) in [7, 11) is -3.52. The molecule has 0 radical (unpaired) electrons. The van der Waals surface area contributed by atoms with Crippen LogP contribution < -0.4 is 9.29 Å². The number of benzene rings is 1. The van der Waals surface area contributed by atoms with Crippen LogP contribution in [0, 0.1) is 0 Å². The van der Waals surface area contributed by atoms with Gasteiger partial charge in [0.2, 0.25) is 27.1 Å². The van der Waals surface area contributed by atoms with Crippen molar-refractivity contribution in [2.24, 2.45) is 0 Å². The summed E-state index contributed by atoms with van der Waals surface area (Å²) in [6.45, 7) is 1.67. The zero-order valence-corrected chi connectivity index (χ0v) is 11.6. The lowest BCUT2D eigenvalue weighted by Crippen LogP contribution is -2.47. The number of aromatic nitrogens is 1. The van der Waals surface area contributed by atoms with Crippen molar-refractivity contribution in [1.29, 1.82) is 0 Å². The van der Waals surface area contributed by atoms with Gasteiger partial charge in [-0.25, -0.2) is 13.1 Å². The van der Waals surface area contributed by atoms with Gasteiger partial charge in [0.1, 0.15) is 4.70 Å². The second-order valence-corrected chi connectivity index (χ2v) is 6.65. The molecule has 0 bridgehead atoms. The van der Waals surface area contributed by atoms with Gasteiger partial charge < -0.3 is 0 Å². The molecule has 0 aliphatic carbocycles. The quantitative estimate of drug-likeness (QED) is 0.849. The molecule has 0 fully saturated rings. The van der Waals surface area contributed by atoms with Crippen LogP contribution in [0.3, 0.4) is 0 Å². The number of hydrogen-bond donors (Lipinski definition) is 1. The van der Waals surface area contributed by atoms with E-state index in [1.54, 1.807) is 11.5 Å². The van der Waals surface area contributed by atoms with Gasteiger partial charge in [-0.2, -0.15) is 4.57 Å². The van der Waals surface area contributed by atoms with Crippen LogP contribution in [0.25, 0.3) is 10.2 Å². The Morgan fingerprint density at radius 3 is 2.72 bits per heavy atom. The Morgan fingerprint density at radius 1 is 1.39 bits per heavy atom. The number of para-hydroxylation sites is 1. The molecule has 18 heavy (non-hydrogen) atoms. The minimum absolute atomic E-state index is 0.536. The molecule has 1 aromatic heterocycles. The Kier molecular flexibility index (Phi) is 3.36. The van der Waals surface area contributed by atoms with Gasteiger partial charge in [0.05, 0.1) is 6.26 Å². The van der Waals surface area contributed by atoms with Gasteiger partial charge >= 0.3 is 5.91 Å². The first-order chi connectivity index (χ1) is 8.38. The predicted octanol–water partition coefficient (Wildman–Crippen LogP) is 0.826. The minimum atomic E-state index is -3.52. The topological polar surface area (TPSA) is 67.1 Å². The molecule has 0 spiro atoms. The molecule has 1 N–H and O–H groups in total. The van der Waals surface area contributed by atoms with Crippen molar-refractivity contribution in [3.05, 3.63) is 29.8 Å².